The van der Waals surface area contributed by atoms with Gasteiger partial charge in [-0.2, -0.15) is 0 Å². The first-order chi connectivity index (χ1) is 10.6. The minimum atomic E-state index is -2.54. The highest BCUT2D eigenvalue weighted by Gasteiger charge is 2.15. The Bertz CT molecular complexity index is 493. The number of aromatic nitrogens is 1. The normalized spacial score (nSPS) is 18.7. The highest BCUT2D eigenvalue weighted by atomic mass is 19.3. The number of alkyl halides is 2. The zero-order valence-corrected chi connectivity index (χ0v) is 12.2. The molecule has 0 saturated carbocycles. The van der Waals surface area contributed by atoms with Crippen molar-refractivity contribution in [3.05, 3.63) is 23.9 Å². The van der Waals surface area contributed by atoms with Crippen molar-refractivity contribution in [2.75, 3.05) is 19.8 Å². The number of hydrogen-bond acceptors (Lipinski definition) is 4. The van der Waals surface area contributed by atoms with Crippen LogP contribution in [0.4, 0.5) is 8.78 Å². The van der Waals surface area contributed by atoms with E-state index in [1.54, 1.807) is 12.1 Å². The number of nitrogens with two attached hydrogens (primary N) is 1. The van der Waals surface area contributed by atoms with E-state index in [1.807, 2.05) is 0 Å². The summed E-state index contributed by atoms with van der Waals surface area (Å²) in [6.07, 6.45) is 1.17. The highest BCUT2D eigenvalue weighted by molar-refractivity contribution is 5.77. The van der Waals surface area contributed by atoms with E-state index >= 15 is 0 Å². The Labute approximate surface area is 127 Å². The number of rotatable bonds is 7. The van der Waals surface area contributed by atoms with Crippen molar-refractivity contribution in [3.8, 4) is 5.88 Å². The minimum Gasteiger partial charge on any atom is -0.471 e. The topological polar surface area (TPSA) is 81.8 Å². The third-order valence-corrected chi connectivity index (χ3v) is 3.15. The number of aliphatic imine (C=N–C) groups is 1. The van der Waals surface area contributed by atoms with Crippen molar-refractivity contribution in [2.45, 2.75) is 31.9 Å². The minimum absolute atomic E-state index is 0.151. The number of hydrogen-bond donors (Lipinski definition) is 2. The summed E-state index contributed by atoms with van der Waals surface area (Å²) in [6, 6.07) is 3.40. The fourth-order valence-electron chi connectivity index (χ4n) is 2.07. The average Bonchev–Trinajstić information content (AvgIpc) is 3.03. The third-order valence-electron chi connectivity index (χ3n) is 3.15. The lowest BCUT2D eigenvalue weighted by Crippen LogP contribution is -2.37. The van der Waals surface area contributed by atoms with Crippen LogP contribution in [0.2, 0.25) is 0 Å². The number of nitrogens with zero attached hydrogens (tertiary/aromatic N) is 2. The molecule has 0 spiro atoms. The molecule has 0 bridgehead atoms. The van der Waals surface area contributed by atoms with Crippen LogP contribution in [0.25, 0.3) is 0 Å². The first kappa shape index (κ1) is 16.4. The molecular formula is C14H20F2N4O2. The fourth-order valence-corrected chi connectivity index (χ4v) is 2.07. The van der Waals surface area contributed by atoms with Crippen molar-refractivity contribution in [1.29, 1.82) is 0 Å². The standard InChI is InChI=1S/C14H20F2N4O2/c15-12(16)9-22-13-10(3-1-5-18-13)7-19-14(17)20-8-11-4-2-6-21-11/h1,3,5,11-12H,2,4,6-9H2,(H3,17,19,20). The molecule has 1 aromatic heterocycles. The molecule has 2 rings (SSSR count). The van der Waals surface area contributed by atoms with E-state index in [0.717, 1.165) is 19.4 Å². The van der Waals surface area contributed by atoms with Crippen LogP contribution in [0.3, 0.4) is 0 Å². The molecule has 0 radical (unpaired) electrons. The predicted molar refractivity (Wildman–Crippen MR) is 78.0 cm³/mol. The Kier molecular flexibility index (Phi) is 6.32. The van der Waals surface area contributed by atoms with Crippen LogP contribution in [0.15, 0.2) is 23.3 Å². The molecule has 1 atom stereocenters. The van der Waals surface area contributed by atoms with Gasteiger partial charge in [0.05, 0.1) is 12.6 Å². The molecule has 8 heteroatoms. The maximum atomic E-state index is 12.2. The molecule has 122 valence electrons. The van der Waals surface area contributed by atoms with Crippen LogP contribution in [0, 0.1) is 0 Å². The second kappa shape index (κ2) is 8.47. The molecule has 1 aliphatic heterocycles. The molecule has 0 aromatic carbocycles. The van der Waals surface area contributed by atoms with Crippen LogP contribution < -0.4 is 15.8 Å². The Morgan fingerprint density at radius 3 is 3.18 bits per heavy atom. The van der Waals surface area contributed by atoms with Crippen LogP contribution >= 0.6 is 0 Å². The Morgan fingerprint density at radius 2 is 2.45 bits per heavy atom. The summed E-state index contributed by atoms with van der Waals surface area (Å²) in [5, 5.41) is 2.99. The van der Waals surface area contributed by atoms with E-state index in [1.165, 1.54) is 6.20 Å². The zero-order valence-electron chi connectivity index (χ0n) is 12.2. The van der Waals surface area contributed by atoms with Gasteiger partial charge in [-0.15, -0.1) is 0 Å². The summed E-state index contributed by atoms with van der Waals surface area (Å²) in [4.78, 5) is 8.09. The lowest BCUT2D eigenvalue weighted by Gasteiger charge is -2.11. The number of halogens is 2. The van der Waals surface area contributed by atoms with E-state index in [2.05, 4.69) is 15.3 Å². The monoisotopic (exact) mass is 314 g/mol. The molecule has 0 amide bonds. The Balaban J connectivity index is 1.84. The van der Waals surface area contributed by atoms with E-state index < -0.39 is 13.0 Å². The van der Waals surface area contributed by atoms with Crippen molar-refractivity contribution in [3.63, 3.8) is 0 Å². The van der Waals surface area contributed by atoms with Gasteiger partial charge in [-0.25, -0.2) is 18.8 Å². The van der Waals surface area contributed by atoms with Gasteiger partial charge in [-0.1, -0.05) is 6.07 Å². The molecule has 1 aliphatic rings. The first-order valence-electron chi connectivity index (χ1n) is 7.15. The lowest BCUT2D eigenvalue weighted by atomic mass is 10.2. The molecule has 1 fully saturated rings. The van der Waals surface area contributed by atoms with E-state index in [9.17, 15) is 8.78 Å². The summed E-state index contributed by atoms with van der Waals surface area (Å²) < 4.78 is 34.8. The summed E-state index contributed by atoms with van der Waals surface area (Å²) in [5.41, 5.74) is 6.38. The van der Waals surface area contributed by atoms with E-state index in [4.69, 9.17) is 15.2 Å². The largest absolute Gasteiger partial charge is 0.471 e. The molecule has 1 aromatic rings. The maximum absolute atomic E-state index is 12.2. The highest BCUT2D eigenvalue weighted by Crippen LogP contribution is 2.16. The van der Waals surface area contributed by atoms with Gasteiger partial charge in [0.2, 0.25) is 5.88 Å². The number of nitrogens with one attached hydrogen (secondary N) is 1. The van der Waals surface area contributed by atoms with Gasteiger partial charge in [0.25, 0.3) is 6.43 Å². The Hall–Kier alpha value is -1.96. The molecule has 22 heavy (non-hydrogen) atoms. The fraction of sp³-hybridized carbons (Fsp3) is 0.571. The zero-order chi connectivity index (χ0) is 15.8. The number of pyridine rings is 1. The molecular weight excluding hydrogens is 294 g/mol. The lowest BCUT2D eigenvalue weighted by molar-refractivity contribution is 0.0791. The van der Waals surface area contributed by atoms with Crippen LogP contribution in [-0.4, -0.2) is 43.2 Å². The summed E-state index contributed by atoms with van der Waals surface area (Å²) in [5.74, 6) is 0.428. The van der Waals surface area contributed by atoms with E-state index in [0.29, 0.717) is 12.1 Å². The molecule has 2 heterocycles. The number of ether oxygens (including phenoxy) is 2. The second-order valence-electron chi connectivity index (χ2n) is 4.89. The summed E-state index contributed by atoms with van der Waals surface area (Å²) >= 11 is 0. The second-order valence-corrected chi connectivity index (χ2v) is 4.89. The SMILES string of the molecule is NC(=NCc1cccnc1OCC(F)F)NCC1CCCO1. The van der Waals surface area contributed by atoms with Crippen molar-refractivity contribution in [2.24, 2.45) is 10.7 Å². The van der Waals surface area contributed by atoms with Gasteiger partial charge < -0.3 is 20.5 Å². The molecule has 3 N–H and O–H groups in total. The average molecular weight is 314 g/mol. The van der Waals surface area contributed by atoms with Crippen molar-refractivity contribution < 1.29 is 18.3 Å². The van der Waals surface area contributed by atoms with E-state index in [-0.39, 0.29) is 24.5 Å². The van der Waals surface area contributed by atoms with Crippen LogP contribution in [0.5, 0.6) is 5.88 Å². The molecule has 0 aliphatic carbocycles. The van der Waals surface area contributed by atoms with Gasteiger partial charge in [0, 0.05) is 24.9 Å². The maximum Gasteiger partial charge on any atom is 0.272 e. The van der Waals surface area contributed by atoms with Crippen molar-refractivity contribution in [1.82, 2.24) is 10.3 Å². The third kappa shape index (κ3) is 5.44. The molecule has 1 unspecified atom stereocenters. The summed E-state index contributed by atoms with van der Waals surface area (Å²) in [7, 11) is 0. The van der Waals surface area contributed by atoms with Gasteiger partial charge in [-0.05, 0) is 18.9 Å². The smallest absolute Gasteiger partial charge is 0.272 e. The van der Waals surface area contributed by atoms with Crippen LogP contribution in [-0.2, 0) is 11.3 Å². The summed E-state index contributed by atoms with van der Waals surface area (Å²) in [6.45, 7) is 0.901. The van der Waals surface area contributed by atoms with Gasteiger partial charge in [0.1, 0.15) is 0 Å². The Morgan fingerprint density at radius 1 is 1.59 bits per heavy atom. The van der Waals surface area contributed by atoms with Gasteiger partial charge >= 0.3 is 0 Å². The van der Waals surface area contributed by atoms with Gasteiger partial charge in [-0.3, -0.25) is 0 Å². The van der Waals surface area contributed by atoms with Gasteiger partial charge in [0.15, 0.2) is 12.6 Å². The van der Waals surface area contributed by atoms with Crippen LogP contribution in [0.1, 0.15) is 18.4 Å². The predicted octanol–water partition coefficient (Wildman–Crippen LogP) is 1.31. The first-order valence-corrected chi connectivity index (χ1v) is 7.15. The molecule has 1 saturated heterocycles. The quantitative estimate of drug-likeness (QED) is 0.586. The molecule has 6 nitrogen and oxygen atoms in total. The number of guanidine groups is 1. The van der Waals surface area contributed by atoms with Crippen molar-refractivity contribution >= 4 is 5.96 Å².